The van der Waals surface area contributed by atoms with Crippen molar-refractivity contribution in [3.8, 4) is 11.4 Å². The summed E-state index contributed by atoms with van der Waals surface area (Å²) in [5, 5.41) is 17.7. The van der Waals surface area contributed by atoms with Crippen molar-refractivity contribution in [2.45, 2.75) is 6.17 Å². The number of hydrogen-bond acceptors (Lipinski definition) is 4. The van der Waals surface area contributed by atoms with Crippen LogP contribution in [0.4, 0.5) is 0 Å². The first kappa shape index (κ1) is 37.9. The van der Waals surface area contributed by atoms with Crippen molar-refractivity contribution < 1.29 is 4.42 Å². The highest BCUT2D eigenvalue weighted by Crippen LogP contribution is 2.43. The van der Waals surface area contributed by atoms with Gasteiger partial charge in [-0.05, 0) is 111 Å². The fraction of sp³-hybridized carbons (Fsp3) is 0.0159. The van der Waals surface area contributed by atoms with Gasteiger partial charge in [0.1, 0.15) is 23.2 Å². The van der Waals surface area contributed by atoms with Gasteiger partial charge >= 0.3 is 0 Å². The first-order chi connectivity index (χ1) is 34.2. The van der Waals surface area contributed by atoms with Crippen LogP contribution >= 0.6 is 0 Å². The van der Waals surface area contributed by atoms with Crippen LogP contribution < -0.4 is 5.32 Å². The molecule has 4 heterocycles. The molecule has 11 aromatic carbocycles. The zero-order valence-corrected chi connectivity index (χ0v) is 37.1. The van der Waals surface area contributed by atoms with Gasteiger partial charge in [0, 0.05) is 49.1 Å². The van der Waals surface area contributed by atoms with Gasteiger partial charge in [-0.25, -0.2) is 9.98 Å². The van der Waals surface area contributed by atoms with E-state index >= 15 is 0 Å². The van der Waals surface area contributed by atoms with Crippen molar-refractivity contribution in [2.75, 3.05) is 0 Å². The van der Waals surface area contributed by atoms with E-state index in [-0.39, 0.29) is 0 Å². The van der Waals surface area contributed by atoms with Gasteiger partial charge in [0.2, 0.25) is 0 Å². The number of hydrogen-bond donors (Lipinski definition) is 1. The Bertz CT molecular complexity index is 4430. The van der Waals surface area contributed by atoms with Crippen LogP contribution in [0.15, 0.2) is 239 Å². The number of nitrogens with one attached hydrogen (secondary N) is 1. The van der Waals surface area contributed by atoms with E-state index in [9.17, 15) is 0 Å². The Morgan fingerprint density at radius 2 is 1.00 bits per heavy atom. The molecule has 69 heavy (non-hydrogen) atoms. The summed E-state index contributed by atoms with van der Waals surface area (Å²) in [4.78, 5) is 11.3. The van der Waals surface area contributed by atoms with Crippen LogP contribution in [0.5, 0.6) is 0 Å². The minimum absolute atomic E-state index is 0.479. The summed E-state index contributed by atoms with van der Waals surface area (Å²) in [5.41, 5.74) is 11.2. The zero-order valence-electron chi connectivity index (χ0n) is 37.1. The summed E-state index contributed by atoms with van der Waals surface area (Å²) in [7, 11) is 0. The summed E-state index contributed by atoms with van der Waals surface area (Å²) in [6, 6.07) is 80.4. The third-order valence-corrected chi connectivity index (χ3v) is 14.3. The molecule has 322 valence electrons. The fourth-order valence-electron chi connectivity index (χ4n) is 11.2. The van der Waals surface area contributed by atoms with Crippen LogP contribution in [0.2, 0.25) is 0 Å². The summed E-state index contributed by atoms with van der Waals surface area (Å²) in [6.45, 7) is 0. The molecule has 0 spiro atoms. The van der Waals surface area contributed by atoms with E-state index in [1.165, 1.54) is 37.7 Å². The lowest BCUT2D eigenvalue weighted by Crippen LogP contribution is -2.34. The van der Waals surface area contributed by atoms with E-state index in [0.717, 1.165) is 88.2 Å². The molecule has 6 nitrogen and oxygen atoms in total. The van der Waals surface area contributed by atoms with Gasteiger partial charge in [-0.2, -0.15) is 0 Å². The molecule has 1 N–H and O–H groups in total. The summed E-state index contributed by atoms with van der Waals surface area (Å²) >= 11 is 0. The third-order valence-electron chi connectivity index (χ3n) is 14.3. The van der Waals surface area contributed by atoms with E-state index in [4.69, 9.17) is 14.4 Å². The molecule has 0 amide bonds. The van der Waals surface area contributed by atoms with Crippen molar-refractivity contribution in [1.82, 2.24) is 14.5 Å². The Morgan fingerprint density at radius 1 is 0.406 bits per heavy atom. The Kier molecular flexibility index (Phi) is 8.03. The number of aromatic nitrogens is 2. The van der Waals surface area contributed by atoms with Gasteiger partial charge in [-0.3, -0.25) is 0 Å². The van der Waals surface area contributed by atoms with Crippen LogP contribution in [-0.2, 0) is 0 Å². The highest BCUT2D eigenvalue weighted by atomic mass is 16.3. The Hall–Kier alpha value is -9.26. The lowest BCUT2D eigenvalue weighted by atomic mass is 9.99. The van der Waals surface area contributed by atoms with Crippen molar-refractivity contribution in [3.05, 3.63) is 241 Å². The van der Waals surface area contributed by atoms with E-state index in [2.05, 4.69) is 233 Å². The average Bonchev–Trinajstić information content (AvgIpc) is 4.06. The number of rotatable bonds is 5. The minimum Gasteiger partial charge on any atom is -0.456 e. The van der Waals surface area contributed by atoms with Crippen LogP contribution in [-0.4, -0.2) is 20.8 Å². The Morgan fingerprint density at radius 3 is 1.75 bits per heavy atom. The number of amidine groups is 2. The number of fused-ring (bicyclic) bond motifs is 12. The van der Waals surface area contributed by atoms with Gasteiger partial charge in [0.15, 0.2) is 5.84 Å². The van der Waals surface area contributed by atoms with E-state index in [1.54, 1.807) is 0 Å². The molecule has 3 aromatic heterocycles. The summed E-state index contributed by atoms with van der Waals surface area (Å²) in [6.07, 6.45) is -0.479. The van der Waals surface area contributed by atoms with Gasteiger partial charge in [0.25, 0.3) is 0 Å². The fourth-order valence-corrected chi connectivity index (χ4v) is 11.2. The standard InChI is InChI=1S/C63H39N5O/c1-2-21-44(22-3-1)67-52-27-12-10-24-46(52)49-35-43(29-30-53(49)67)61-64-62(47-26-14-20-38-15-8-9-23-45(38)47)66-63(65-61)60-54(31-32-58-59(60)48-25-11-13-28-57(48)69-58)68-55-36-41-18-6-4-16-39(41)33-50(55)51-34-40-17-5-7-19-42(40)37-56(51)68/h1-37,62H,(H,64,65,66). The van der Waals surface area contributed by atoms with Crippen LogP contribution in [0, 0.1) is 0 Å². The van der Waals surface area contributed by atoms with E-state index in [0.29, 0.717) is 11.7 Å². The molecular weight excluding hydrogens is 843 g/mol. The van der Waals surface area contributed by atoms with Crippen LogP contribution in [0.1, 0.15) is 22.9 Å². The SMILES string of the molecule is c1ccc(-n2c3ccccc3c3cc(C4=NC(c5cccc6ccccc56)NC(c5c(-n6c7cc8ccccc8cc7c7cc8ccccc8cc76)ccc6oc7ccccc7c56)=N4)ccc32)cc1. The Labute approximate surface area is 395 Å². The molecule has 15 rings (SSSR count). The highest BCUT2D eigenvalue weighted by molar-refractivity contribution is 6.26. The largest absolute Gasteiger partial charge is 0.456 e. The second kappa shape index (κ2) is 14.6. The maximum atomic E-state index is 6.73. The topological polar surface area (TPSA) is 59.8 Å². The maximum absolute atomic E-state index is 6.73. The number of para-hydroxylation sites is 3. The number of furan rings is 1. The molecule has 1 unspecified atom stereocenters. The molecule has 0 fully saturated rings. The predicted octanol–water partition coefficient (Wildman–Crippen LogP) is 15.7. The molecule has 1 aliphatic rings. The average molecular weight is 882 g/mol. The molecule has 0 radical (unpaired) electrons. The molecule has 0 saturated carbocycles. The number of nitrogens with zero attached hydrogens (tertiary/aromatic N) is 4. The van der Waals surface area contributed by atoms with Gasteiger partial charge < -0.3 is 18.9 Å². The summed E-state index contributed by atoms with van der Waals surface area (Å²) < 4.78 is 11.5. The van der Waals surface area contributed by atoms with E-state index in [1.807, 2.05) is 6.07 Å². The second-order valence-corrected chi connectivity index (χ2v) is 18.1. The first-order valence-corrected chi connectivity index (χ1v) is 23.5. The third kappa shape index (κ3) is 5.73. The van der Waals surface area contributed by atoms with Crippen molar-refractivity contribution in [2.24, 2.45) is 9.98 Å². The second-order valence-electron chi connectivity index (χ2n) is 18.1. The van der Waals surface area contributed by atoms with Crippen molar-refractivity contribution >= 4 is 110 Å². The number of benzene rings is 11. The normalized spacial score (nSPS) is 14.2. The molecule has 6 heteroatoms. The highest BCUT2D eigenvalue weighted by Gasteiger charge is 2.29. The van der Waals surface area contributed by atoms with Gasteiger partial charge in [-0.15, -0.1) is 0 Å². The smallest absolute Gasteiger partial charge is 0.159 e. The monoisotopic (exact) mass is 881 g/mol. The molecule has 14 aromatic rings. The number of aliphatic imine (C=N–C) groups is 2. The maximum Gasteiger partial charge on any atom is 0.159 e. The minimum atomic E-state index is -0.479. The van der Waals surface area contributed by atoms with Crippen molar-refractivity contribution in [1.29, 1.82) is 0 Å². The van der Waals surface area contributed by atoms with Gasteiger partial charge in [0.05, 0.1) is 33.3 Å². The lowest BCUT2D eigenvalue weighted by Gasteiger charge is -2.26. The molecule has 1 aliphatic heterocycles. The Balaban J connectivity index is 1.04. The first-order valence-electron chi connectivity index (χ1n) is 23.5. The molecule has 0 aliphatic carbocycles. The predicted molar refractivity (Wildman–Crippen MR) is 287 cm³/mol. The van der Waals surface area contributed by atoms with Crippen molar-refractivity contribution in [3.63, 3.8) is 0 Å². The van der Waals surface area contributed by atoms with E-state index < -0.39 is 6.17 Å². The van der Waals surface area contributed by atoms with Crippen LogP contribution in [0.3, 0.4) is 0 Å². The molecular formula is C63H39N5O. The molecule has 1 atom stereocenters. The quantitative estimate of drug-likeness (QED) is 0.187. The van der Waals surface area contributed by atoms with Gasteiger partial charge in [-0.1, -0.05) is 146 Å². The zero-order chi connectivity index (χ0) is 45.2. The molecule has 0 saturated heterocycles. The van der Waals surface area contributed by atoms with Crippen LogP contribution in [0.25, 0.3) is 109 Å². The lowest BCUT2D eigenvalue weighted by molar-refractivity contribution is 0.668. The molecule has 0 bridgehead atoms. The summed E-state index contributed by atoms with van der Waals surface area (Å²) in [5.74, 6) is 1.36.